The number of piperidine rings is 1. The van der Waals surface area contributed by atoms with E-state index in [4.69, 9.17) is 9.47 Å². The van der Waals surface area contributed by atoms with Gasteiger partial charge in [0, 0.05) is 6.07 Å². The summed E-state index contributed by atoms with van der Waals surface area (Å²) in [6, 6.07) is 15.7. The van der Waals surface area contributed by atoms with E-state index >= 15 is 0 Å². The average Bonchev–Trinajstić information content (AvgIpc) is 2.63. The molecule has 2 aromatic carbocycles. The maximum absolute atomic E-state index is 9.47. The zero-order valence-corrected chi connectivity index (χ0v) is 13.5. The first-order valence-corrected chi connectivity index (χ1v) is 8.42. The molecule has 124 valence electrons. The molecule has 1 fully saturated rings. The molecule has 0 atom stereocenters. The highest BCUT2D eigenvalue weighted by atomic mass is 16.6. The summed E-state index contributed by atoms with van der Waals surface area (Å²) in [7, 11) is 0. The van der Waals surface area contributed by atoms with Crippen LogP contribution in [0.3, 0.4) is 0 Å². The first-order valence-electron chi connectivity index (χ1n) is 8.42. The quantitative estimate of drug-likeness (QED) is 0.930. The molecule has 2 heterocycles. The van der Waals surface area contributed by atoms with Gasteiger partial charge in [-0.1, -0.05) is 30.3 Å². The van der Waals surface area contributed by atoms with E-state index in [1.807, 2.05) is 0 Å². The molecule has 0 bridgehead atoms. The Hall–Kier alpha value is -2.46. The third-order valence-electron chi connectivity index (χ3n) is 4.72. The summed E-state index contributed by atoms with van der Waals surface area (Å²) in [5.41, 5.74) is 1.45. The van der Waals surface area contributed by atoms with Gasteiger partial charge in [0.2, 0.25) is 0 Å². The zero-order valence-electron chi connectivity index (χ0n) is 13.5. The highest BCUT2D eigenvalue weighted by Gasteiger charge is 2.23. The molecule has 1 saturated heterocycles. The van der Waals surface area contributed by atoms with Gasteiger partial charge in [0.15, 0.2) is 17.3 Å². The minimum Gasteiger partial charge on any atom is -0.508 e. The number of aromatic hydroxyl groups is 1. The Kier molecular flexibility index (Phi) is 4.13. The van der Waals surface area contributed by atoms with Crippen molar-refractivity contribution in [3.05, 3.63) is 66.1 Å². The highest BCUT2D eigenvalue weighted by Crippen LogP contribution is 2.36. The van der Waals surface area contributed by atoms with Crippen LogP contribution in [0.5, 0.6) is 17.2 Å². The van der Waals surface area contributed by atoms with E-state index < -0.39 is 0 Å². The van der Waals surface area contributed by atoms with Crippen LogP contribution in [0.15, 0.2) is 60.6 Å². The van der Waals surface area contributed by atoms with E-state index in [0.29, 0.717) is 17.4 Å². The molecule has 4 heteroatoms. The van der Waals surface area contributed by atoms with Gasteiger partial charge in [-0.2, -0.15) is 0 Å². The lowest BCUT2D eigenvalue weighted by Crippen LogP contribution is -2.35. The molecule has 0 saturated carbocycles. The fraction of sp³-hybridized carbons (Fsp3) is 0.300. The normalized spacial score (nSPS) is 18.2. The molecular weight excluding hydrogens is 302 g/mol. The van der Waals surface area contributed by atoms with Gasteiger partial charge in [-0.25, -0.2) is 0 Å². The van der Waals surface area contributed by atoms with Crippen LogP contribution < -0.4 is 9.47 Å². The number of ether oxygens (including phenoxy) is 2. The molecule has 0 unspecified atom stereocenters. The van der Waals surface area contributed by atoms with Crippen LogP contribution in [-0.2, 0) is 0 Å². The van der Waals surface area contributed by atoms with Crippen LogP contribution in [0.1, 0.15) is 24.3 Å². The first kappa shape index (κ1) is 15.1. The second kappa shape index (κ2) is 6.57. The molecule has 2 aliphatic heterocycles. The summed E-state index contributed by atoms with van der Waals surface area (Å²) >= 11 is 0. The van der Waals surface area contributed by atoms with Crippen molar-refractivity contribution < 1.29 is 14.6 Å². The summed E-state index contributed by atoms with van der Waals surface area (Å²) in [6.45, 7) is 2.87. The number of fused-ring (bicyclic) bond motifs is 1. The predicted octanol–water partition coefficient (Wildman–Crippen LogP) is 3.88. The number of hydrogen-bond acceptors (Lipinski definition) is 4. The predicted molar refractivity (Wildman–Crippen MR) is 92.3 cm³/mol. The molecule has 2 aliphatic rings. The molecular formula is C20H21NO3. The van der Waals surface area contributed by atoms with Crippen molar-refractivity contribution in [1.29, 1.82) is 0 Å². The number of phenols is 1. The molecule has 0 spiro atoms. The van der Waals surface area contributed by atoms with Gasteiger partial charge in [0.05, 0.1) is 6.54 Å². The topological polar surface area (TPSA) is 41.9 Å². The second-order valence-electron chi connectivity index (χ2n) is 6.40. The Morgan fingerprint density at radius 2 is 1.79 bits per heavy atom. The molecule has 24 heavy (non-hydrogen) atoms. The summed E-state index contributed by atoms with van der Waals surface area (Å²) in [5.74, 6) is 2.86. The van der Waals surface area contributed by atoms with Gasteiger partial charge < -0.3 is 14.6 Å². The Labute approximate surface area is 141 Å². The number of likely N-dealkylation sites (tertiary alicyclic amines) is 1. The third kappa shape index (κ3) is 3.24. The SMILES string of the molecule is Oc1ccc2c(c1)OC=C(CN1CCC(c3ccccc3)CC1)O2. The standard InChI is InChI=1S/C20H21NO3/c22-17-6-7-19-20(12-17)23-14-18(24-19)13-21-10-8-16(9-11-21)15-4-2-1-3-5-15/h1-7,12,14,16,22H,8-11,13H2. The zero-order chi connectivity index (χ0) is 16.4. The van der Waals surface area contributed by atoms with Crippen molar-refractivity contribution in [2.45, 2.75) is 18.8 Å². The molecule has 2 aromatic rings. The fourth-order valence-electron chi connectivity index (χ4n) is 3.41. The minimum atomic E-state index is 0.178. The third-order valence-corrected chi connectivity index (χ3v) is 4.72. The monoisotopic (exact) mass is 323 g/mol. The van der Waals surface area contributed by atoms with Crippen molar-refractivity contribution in [2.24, 2.45) is 0 Å². The number of rotatable bonds is 3. The van der Waals surface area contributed by atoms with Crippen LogP contribution >= 0.6 is 0 Å². The van der Waals surface area contributed by atoms with Gasteiger partial charge >= 0.3 is 0 Å². The highest BCUT2D eigenvalue weighted by molar-refractivity contribution is 5.47. The maximum atomic E-state index is 9.47. The van der Waals surface area contributed by atoms with Crippen molar-refractivity contribution in [1.82, 2.24) is 4.90 Å². The van der Waals surface area contributed by atoms with E-state index in [1.165, 1.54) is 18.4 Å². The lowest BCUT2D eigenvalue weighted by molar-refractivity contribution is 0.194. The maximum Gasteiger partial charge on any atom is 0.172 e. The largest absolute Gasteiger partial charge is 0.508 e. The van der Waals surface area contributed by atoms with Crippen molar-refractivity contribution >= 4 is 0 Å². The van der Waals surface area contributed by atoms with Crippen LogP contribution in [-0.4, -0.2) is 29.6 Å². The van der Waals surface area contributed by atoms with E-state index in [1.54, 1.807) is 24.5 Å². The molecule has 4 rings (SSSR count). The van der Waals surface area contributed by atoms with Gasteiger partial charge in [0.25, 0.3) is 0 Å². The van der Waals surface area contributed by atoms with E-state index in [2.05, 4.69) is 35.2 Å². The van der Waals surface area contributed by atoms with E-state index in [9.17, 15) is 5.11 Å². The molecule has 1 N–H and O–H groups in total. The van der Waals surface area contributed by atoms with Crippen molar-refractivity contribution in [2.75, 3.05) is 19.6 Å². The molecule has 4 nitrogen and oxygen atoms in total. The minimum absolute atomic E-state index is 0.178. The smallest absolute Gasteiger partial charge is 0.172 e. The molecule has 0 radical (unpaired) electrons. The Bertz CT molecular complexity index is 734. The summed E-state index contributed by atoms with van der Waals surface area (Å²) in [4.78, 5) is 2.40. The Balaban J connectivity index is 1.33. The average molecular weight is 323 g/mol. The number of hydrogen-bond donors (Lipinski definition) is 1. The van der Waals surface area contributed by atoms with Gasteiger partial charge in [-0.3, -0.25) is 4.90 Å². The van der Waals surface area contributed by atoms with Crippen LogP contribution in [0.25, 0.3) is 0 Å². The van der Waals surface area contributed by atoms with Crippen molar-refractivity contribution in [3.63, 3.8) is 0 Å². The van der Waals surface area contributed by atoms with Crippen LogP contribution in [0, 0.1) is 0 Å². The molecule has 0 aliphatic carbocycles. The van der Waals surface area contributed by atoms with Gasteiger partial charge in [-0.05, 0) is 49.5 Å². The molecule has 0 amide bonds. The van der Waals surface area contributed by atoms with Crippen LogP contribution in [0.4, 0.5) is 0 Å². The molecule has 0 aromatic heterocycles. The summed E-state index contributed by atoms with van der Waals surface area (Å²) < 4.78 is 11.5. The van der Waals surface area contributed by atoms with E-state index in [-0.39, 0.29) is 5.75 Å². The summed E-state index contributed by atoms with van der Waals surface area (Å²) in [5, 5.41) is 9.47. The van der Waals surface area contributed by atoms with E-state index in [0.717, 1.165) is 25.4 Å². The van der Waals surface area contributed by atoms with Crippen LogP contribution in [0.2, 0.25) is 0 Å². The Morgan fingerprint density at radius 1 is 1.00 bits per heavy atom. The van der Waals surface area contributed by atoms with Gasteiger partial charge in [0.1, 0.15) is 12.0 Å². The lowest BCUT2D eigenvalue weighted by atomic mass is 9.89. The fourth-order valence-corrected chi connectivity index (χ4v) is 3.41. The second-order valence-corrected chi connectivity index (χ2v) is 6.40. The summed E-state index contributed by atoms with van der Waals surface area (Å²) in [6.07, 6.45) is 3.98. The number of nitrogens with zero attached hydrogens (tertiary/aromatic N) is 1. The Morgan fingerprint density at radius 3 is 2.58 bits per heavy atom. The number of benzene rings is 2. The first-order chi connectivity index (χ1) is 11.8. The number of phenolic OH excluding ortho intramolecular Hbond substituents is 1. The van der Waals surface area contributed by atoms with Gasteiger partial charge in [-0.15, -0.1) is 0 Å². The lowest BCUT2D eigenvalue weighted by Gasteiger charge is -2.33. The van der Waals surface area contributed by atoms with Crippen molar-refractivity contribution in [3.8, 4) is 17.2 Å².